The Morgan fingerprint density at radius 2 is 1.66 bits per heavy atom. The average molecular weight is 456 g/mol. The molecule has 0 radical (unpaired) electrons. The summed E-state index contributed by atoms with van der Waals surface area (Å²) < 4.78 is 78.3. The molecular weight excluding hydrogens is 438 g/mol. The van der Waals surface area contributed by atoms with Crippen LogP contribution in [0.3, 0.4) is 0 Å². The van der Waals surface area contributed by atoms with Crippen LogP contribution in [0.4, 0.5) is 32.0 Å². The molecule has 0 saturated carbocycles. The summed E-state index contributed by atoms with van der Waals surface area (Å²) in [5.74, 6) is 1.26. The molecule has 0 amide bonds. The minimum Gasteiger partial charge on any atom is -0.369 e. The van der Waals surface area contributed by atoms with Crippen molar-refractivity contribution in [3.05, 3.63) is 65.0 Å². The molecule has 2 N–H and O–H groups in total. The van der Waals surface area contributed by atoms with Gasteiger partial charge in [0.2, 0.25) is 0 Å². The predicted molar refractivity (Wildman–Crippen MR) is 104 cm³/mol. The van der Waals surface area contributed by atoms with Gasteiger partial charge in [0.1, 0.15) is 5.82 Å². The van der Waals surface area contributed by atoms with Crippen LogP contribution in [-0.2, 0) is 18.6 Å². The summed E-state index contributed by atoms with van der Waals surface area (Å²) in [4.78, 5) is 6.28. The number of aromatic nitrogens is 3. The van der Waals surface area contributed by atoms with E-state index in [-0.39, 0.29) is 0 Å². The lowest BCUT2D eigenvalue weighted by molar-refractivity contribution is -0.376. The minimum absolute atomic E-state index is 0.294. The lowest BCUT2D eigenvalue weighted by Crippen LogP contribution is -2.53. The van der Waals surface area contributed by atoms with Gasteiger partial charge in [-0.15, -0.1) is 0 Å². The van der Waals surface area contributed by atoms with Crippen molar-refractivity contribution in [1.29, 1.82) is 0 Å². The normalized spacial score (nSPS) is 14.7. The Balaban J connectivity index is 1.54. The zero-order valence-electron chi connectivity index (χ0n) is 16.7. The van der Waals surface area contributed by atoms with Gasteiger partial charge in [-0.05, 0) is 42.7 Å². The highest BCUT2D eigenvalue weighted by Gasteiger charge is 2.71. The largest absolute Gasteiger partial charge is 0.430 e. The van der Waals surface area contributed by atoms with Gasteiger partial charge in [-0.2, -0.15) is 31.4 Å². The van der Waals surface area contributed by atoms with Crippen LogP contribution >= 0.6 is 0 Å². The molecule has 1 aliphatic heterocycles. The summed E-state index contributed by atoms with van der Waals surface area (Å²) in [7, 11) is 0. The van der Waals surface area contributed by atoms with Gasteiger partial charge < -0.3 is 10.0 Å². The first kappa shape index (κ1) is 22.1. The Labute approximate surface area is 178 Å². The van der Waals surface area contributed by atoms with E-state index in [1.54, 1.807) is 6.92 Å². The van der Waals surface area contributed by atoms with Gasteiger partial charge in [-0.3, -0.25) is 5.10 Å². The fraction of sp³-hybridized carbons (Fsp3) is 0.333. The molecule has 0 spiro atoms. The van der Waals surface area contributed by atoms with Crippen molar-refractivity contribution >= 4 is 5.69 Å². The van der Waals surface area contributed by atoms with E-state index in [4.69, 9.17) is 0 Å². The average Bonchev–Trinajstić information content (AvgIpc) is 3.32. The number of aryl methyl sites for hydroxylation is 1. The number of hydrogen-bond acceptors (Lipinski definition) is 4. The third-order valence-electron chi connectivity index (χ3n) is 5.49. The van der Waals surface area contributed by atoms with Crippen molar-refractivity contribution < 1.29 is 31.4 Å². The Kier molecular flexibility index (Phi) is 5.19. The van der Waals surface area contributed by atoms with Gasteiger partial charge in [0, 0.05) is 29.9 Å². The highest BCUT2D eigenvalue weighted by molar-refractivity contribution is 5.67. The van der Waals surface area contributed by atoms with Crippen LogP contribution in [0.25, 0.3) is 11.4 Å². The van der Waals surface area contributed by atoms with Crippen LogP contribution < -0.4 is 4.90 Å². The molecule has 0 bridgehead atoms. The van der Waals surface area contributed by atoms with E-state index in [1.165, 1.54) is 12.1 Å². The summed E-state index contributed by atoms with van der Waals surface area (Å²) in [5.41, 5.74) is -2.86. The molecule has 1 aromatic heterocycles. The number of rotatable bonds is 4. The number of aliphatic hydroxyl groups is 1. The molecule has 32 heavy (non-hydrogen) atoms. The van der Waals surface area contributed by atoms with E-state index in [1.807, 2.05) is 23.1 Å². The maximum absolute atomic E-state index is 13.0. The smallest absolute Gasteiger partial charge is 0.369 e. The van der Waals surface area contributed by atoms with E-state index >= 15 is 0 Å². The van der Waals surface area contributed by atoms with Gasteiger partial charge in [-0.1, -0.05) is 24.3 Å². The standard InChI is InChI=1S/C21H18F6N4O/c1-12-28-18(30-29-12)15-4-7-17-14(10-15)8-9-31(17)11-13-2-5-16(6-3-13)19(32,20(22,23)24)21(25,26)27/h2-7,10,32H,8-9,11H2,1H3,(H,28,29,30). The third kappa shape index (κ3) is 3.70. The molecule has 0 saturated heterocycles. The minimum atomic E-state index is -5.90. The van der Waals surface area contributed by atoms with Gasteiger partial charge >= 0.3 is 12.4 Å². The van der Waals surface area contributed by atoms with Crippen LogP contribution in [0, 0.1) is 6.92 Å². The van der Waals surface area contributed by atoms with Crippen molar-refractivity contribution in [3.8, 4) is 11.4 Å². The van der Waals surface area contributed by atoms with Crippen molar-refractivity contribution in [2.75, 3.05) is 11.4 Å². The third-order valence-corrected chi connectivity index (χ3v) is 5.49. The lowest BCUT2D eigenvalue weighted by atomic mass is 9.91. The monoisotopic (exact) mass is 456 g/mol. The van der Waals surface area contributed by atoms with Crippen LogP contribution in [0.1, 0.15) is 22.5 Å². The van der Waals surface area contributed by atoms with Crippen LogP contribution in [0.15, 0.2) is 42.5 Å². The molecule has 3 aromatic rings. The molecule has 0 aliphatic carbocycles. The van der Waals surface area contributed by atoms with E-state index in [0.717, 1.165) is 23.2 Å². The molecule has 0 atom stereocenters. The van der Waals surface area contributed by atoms with Gasteiger partial charge in [0.15, 0.2) is 5.82 Å². The van der Waals surface area contributed by atoms with E-state index in [0.29, 0.717) is 42.4 Å². The van der Waals surface area contributed by atoms with E-state index < -0.39 is 23.5 Å². The number of hydrogen-bond donors (Lipinski definition) is 2. The molecule has 170 valence electrons. The number of anilines is 1. The first-order chi connectivity index (χ1) is 14.9. The van der Waals surface area contributed by atoms with Gasteiger partial charge in [0.25, 0.3) is 5.60 Å². The van der Waals surface area contributed by atoms with Crippen molar-refractivity contribution in [2.45, 2.75) is 37.8 Å². The highest BCUT2D eigenvalue weighted by Crippen LogP contribution is 2.50. The number of fused-ring (bicyclic) bond motifs is 1. The number of nitrogens with zero attached hydrogens (tertiary/aromatic N) is 3. The summed E-state index contributed by atoms with van der Waals surface area (Å²) in [6.45, 7) is 2.73. The zero-order valence-corrected chi connectivity index (χ0v) is 16.7. The molecular formula is C21H18F6N4O. The maximum atomic E-state index is 13.0. The van der Waals surface area contributed by atoms with Crippen LogP contribution in [0.2, 0.25) is 0 Å². The van der Waals surface area contributed by atoms with Crippen molar-refractivity contribution in [1.82, 2.24) is 15.2 Å². The second kappa shape index (κ2) is 7.51. The number of benzene rings is 2. The Morgan fingerprint density at radius 3 is 2.22 bits per heavy atom. The molecule has 5 nitrogen and oxygen atoms in total. The number of halogens is 6. The number of H-pyrrole nitrogens is 1. The molecule has 1 aliphatic rings. The Hall–Kier alpha value is -3.08. The lowest BCUT2D eigenvalue weighted by Gasteiger charge is -2.32. The van der Waals surface area contributed by atoms with Crippen LogP contribution in [-0.4, -0.2) is 39.2 Å². The zero-order chi connectivity index (χ0) is 23.3. The van der Waals surface area contributed by atoms with Crippen molar-refractivity contribution in [2.24, 2.45) is 0 Å². The SMILES string of the molecule is Cc1nc(-c2ccc3c(c2)CCN3Cc2ccc(C(O)(C(F)(F)F)C(F)(F)F)cc2)n[nH]1. The summed E-state index contributed by atoms with van der Waals surface area (Å²) >= 11 is 0. The van der Waals surface area contributed by atoms with Crippen LogP contribution in [0.5, 0.6) is 0 Å². The van der Waals surface area contributed by atoms with Gasteiger partial charge in [0.05, 0.1) is 0 Å². The fourth-order valence-electron chi connectivity index (χ4n) is 3.81. The first-order valence-corrected chi connectivity index (χ1v) is 9.62. The molecule has 11 heteroatoms. The maximum Gasteiger partial charge on any atom is 0.430 e. The number of aromatic amines is 1. The topological polar surface area (TPSA) is 65.0 Å². The summed E-state index contributed by atoms with van der Waals surface area (Å²) in [6, 6.07) is 9.39. The summed E-state index contributed by atoms with van der Waals surface area (Å²) in [5, 5.41) is 16.4. The second-order valence-corrected chi connectivity index (χ2v) is 7.66. The second-order valence-electron chi connectivity index (χ2n) is 7.66. The van der Waals surface area contributed by atoms with E-state index in [9.17, 15) is 31.4 Å². The molecule has 2 aromatic carbocycles. The van der Waals surface area contributed by atoms with Gasteiger partial charge in [-0.25, -0.2) is 4.98 Å². The Bertz CT molecular complexity index is 1110. The molecule has 4 rings (SSSR count). The first-order valence-electron chi connectivity index (χ1n) is 9.62. The van der Waals surface area contributed by atoms with Crippen molar-refractivity contribution in [3.63, 3.8) is 0 Å². The molecule has 2 heterocycles. The molecule has 0 fully saturated rings. The molecule has 0 unspecified atom stereocenters. The predicted octanol–water partition coefficient (Wildman–Crippen LogP) is 4.66. The quantitative estimate of drug-likeness (QED) is 0.561. The highest BCUT2D eigenvalue weighted by atomic mass is 19.4. The summed E-state index contributed by atoms with van der Waals surface area (Å²) in [6.07, 6.45) is -11.1. The van der Waals surface area contributed by atoms with E-state index in [2.05, 4.69) is 15.2 Å². The number of nitrogens with one attached hydrogen (secondary N) is 1. The number of alkyl halides is 6. The Morgan fingerprint density at radius 1 is 1.00 bits per heavy atom. The fourth-order valence-corrected chi connectivity index (χ4v) is 3.81.